The predicted octanol–water partition coefficient (Wildman–Crippen LogP) is 4.77. The first kappa shape index (κ1) is 23.8. The van der Waals surface area contributed by atoms with Gasteiger partial charge in [0.25, 0.3) is 5.91 Å². The molecule has 1 fully saturated rings. The second-order valence-electron chi connectivity index (χ2n) is 9.65. The van der Waals surface area contributed by atoms with Crippen molar-refractivity contribution in [2.45, 2.75) is 38.8 Å². The zero-order valence-corrected chi connectivity index (χ0v) is 21.3. The molecule has 35 heavy (non-hydrogen) atoms. The van der Waals surface area contributed by atoms with E-state index in [-0.39, 0.29) is 23.9 Å². The van der Waals surface area contributed by atoms with Crippen LogP contribution in [0.4, 0.5) is 0 Å². The third kappa shape index (κ3) is 4.91. The number of fused-ring (bicyclic) bond motifs is 1. The van der Waals surface area contributed by atoms with Crippen LogP contribution in [0.5, 0.6) is 0 Å². The molecular weight excluding hydrogens is 454 g/mol. The number of amides is 2. The Morgan fingerprint density at radius 2 is 1.74 bits per heavy atom. The van der Waals surface area contributed by atoms with Crippen LogP contribution in [0, 0.1) is 6.92 Å². The van der Waals surface area contributed by atoms with Crippen molar-refractivity contribution in [3.8, 4) is 0 Å². The number of benzene rings is 2. The SMILES string of the molecule is Cc1ccccc1C(=O)N1CCN(C(=O)CCN2CCc3sccc3C2c2ccccc2)CC1C. The van der Waals surface area contributed by atoms with Gasteiger partial charge in [0.1, 0.15) is 0 Å². The lowest BCUT2D eigenvalue weighted by atomic mass is 9.93. The lowest BCUT2D eigenvalue weighted by molar-refractivity contribution is -0.134. The molecule has 2 unspecified atom stereocenters. The van der Waals surface area contributed by atoms with Crippen LogP contribution in [-0.4, -0.2) is 65.3 Å². The molecule has 2 aliphatic heterocycles. The van der Waals surface area contributed by atoms with E-state index < -0.39 is 0 Å². The molecule has 0 bridgehead atoms. The molecule has 0 N–H and O–H groups in total. The number of piperazine rings is 1. The molecule has 3 aromatic rings. The Bertz CT molecular complexity index is 1190. The molecule has 0 aliphatic carbocycles. The monoisotopic (exact) mass is 487 g/mol. The largest absolute Gasteiger partial charge is 0.339 e. The summed E-state index contributed by atoms with van der Waals surface area (Å²) in [5.41, 5.74) is 4.42. The molecule has 1 saturated heterocycles. The summed E-state index contributed by atoms with van der Waals surface area (Å²) in [4.78, 5) is 34.1. The molecule has 1 aromatic heterocycles. The van der Waals surface area contributed by atoms with Crippen molar-refractivity contribution in [1.29, 1.82) is 0 Å². The Morgan fingerprint density at radius 3 is 2.51 bits per heavy atom. The van der Waals surface area contributed by atoms with Crippen LogP contribution >= 0.6 is 11.3 Å². The van der Waals surface area contributed by atoms with E-state index in [0.717, 1.165) is 30.6 Å². The smallest absolute Gasteiger partial charge is 0.254 e. The molecule has 6 heteroatoms. The van der Waals surface area contributed by atoms with Gasteiger partial charge in [0.15, 0.2) is 0 Å². The van der Waals surface area contributed by atoms with Gasteiger partial charge in [-0.05, 0) is 54.5 Å². The highest BCUT2D eigenvalue weighted by atomic mass is 32.1. The van der Waals surface area contributed by atoms with Gasteiger partial charge in [-0.3, -0.25) is 14.5 Å². The van der Waals surface area contributed by atoms with Crippen LogP contribution in [0.2, 0.25) is 0 Å². The van der Waals surface area contributed by atoms with Crippen LogP contribution in [0.25, 0.3) is 0 Å². The molecule has 2 atom stereocenters. The summed E-state index contributed by atoms with van der Waals surface area (Å²) in [7, 11) is 0. The molecule has 182 valence electrons. The van der Waals surface area contributed by atoms with E-state index in [1.165, 1.54) is 16.0 Å². The van der Waals surface area contributed by atoms with Gasteiger partial charge in [0.2, 0.25) is 5.91 Å². The van der Waals surface area contributed by atoms with Crippen LogP contribution in [0.3, 0.4) is 0 Å². The molecule has 5 rings (SSSR count). The number of hydrogen-bond donors (Lipinski definition) is 0. The first-order valence-corrected chi connectivity index (χ1v) is 13.4. The van der Waals surface area contributed by atoms with Crippen molar-refractivity contribution >= 4 is 23.2 Å². The van der Waals surface area contributed by atoms with Crippen molar-refractivity contribution in [2.24, 2.45) is 0 Å². The second-order valence-corrected chi connectivity index (χ2v) is 10.7. The van der Waals surface area contributed by atoms with Gasteiger partial charge in [-0.2, -0.15) is 0 Å². The summed E-state index contributed by atoms with van der Waals surface area (Å²) in [6, 6.07) is 20.8. The average molecular weight is 488 g/mol. The van der Waals surface area contributed by atoms with E-state index in [1.54, 1.807) is 0 Å². The standard InChI is InChI=1S/C29H33N3O2S/c1-21-8-6-7-11-24(21)29(34)32-18-17-31(20-22(32)2)27(33)13-16-30-15-12-26-25(14-19-35-26)28(30)23-9-4-3-5-10-23/h3-11,14,19,22,28H,12-13,15-18,20H2,1-2H3. The van der Waals surface area contributed by atoms with Gasteiger partial charge in [-0.1, -0.05) is 48.5 Å². The molecule has 0 saturated carbocycles. The number of carbonyl (C=O) groups excluding carboxylic acids is 2. The van der Waals surface area contributed by atoms with Gasteiger partial charge in [-0.15, -0.1) is 11.3 Å². The van der Waals surface area contributed by atoms with Crippen molar-refractivity contribution in [1.82, 2.24) is 14.7 Å². The van der Waals surface area contributed by atoms with Crippen LogP contribution in [-0.2, 0) is 11.2 Å². The maximum atomic E-state index is 13.2. The molecule has 0 spiro atoms. The summed E-state index contributed by atoms with van der Waals surface area (Å²) < 4.78 is 0. The Balaban J connectivity index is 1.21. The number of hydrogen-bond acceptors (Lipinski definition) is 4. The van der Waals surface area contributed by atoms with Crippen LogP contribution in [0.1, 0.15) is 51.3 Å². The lowest BCUT2D eigenvalue weighted by Crippen LogP contribution is -2.55. The number of thiophene rings is 1. The zero-order valence-electron chi connectivity index (χ0n) is 20.5. The topological polar surface area (TPSA) is 43.9 Å². The minimum absolute atomic E-state index is 0.000208. The van der Waals surface area contributed by atoms with E-state index >= 15 is 0 Å². The maximum Gasteiger partial charge on any atom is 0.254 e. The Kier molecular flexibility index (Phi) is 7.02. The van der Waals surface area contributed by atoms with Crippen molar-refractivity contribution in [2.75, 3.05) is 32.7 Å². The molecule has 3 heterocycles. The molecule has 2 aliphatic rings. The highest BCUT2D eigenvalue weighted by Crippen LogP contribution is 2.37. The first-order valence-electron chi connectivity index (χ1n) is 12.5. The zero-order chi connectivity index (χ0) is 24.4. The lowest BCUT2D eigenvalue weighted by Gasteiger charge is -2.41. The first-order chi connectivity index (χ1) is 17.0. The maximum absolute atomic E-state index is 13.2. The van der Waals surface area contributed by atoms with Crippen molar-refractivity contribution < 1.29 is 9.59 Å². The highest BCUT2D eigenvalue weighted by Gasteiger charge is 2.33. The normalized spacial score (nSPS) is 20.5. The summed E-state index contributed by atoms with van der Waals surface area (Å²) in [5, 5.41) is 2.19. The van der Waals surface area contributed by atoms with Gasteiger partial charge >= 0.3 is 0 Å². The molecule has 0 radical (unpaired) electrons. The molecular formula is C29H33N3O2S. The average Bonchev–Trinajstić information content (AvgIpc) is 3.36. The van der Waals surface area contributed by atoms with E-state index in [9.17, 15) is 9.59 Å². The highest BCUT2D eigenvalue weighted by molar-refractivity contribution is 7.10. The predicted molar refractivity (Wildman–Crippen MR) is 141 cm³/mol. The fraction of sp³-hybridized carbons (Fsp3) is 0.379. The van der Waals surface area contributed by atoms with Crippen LogP contribution < -0.4 is 0 Å². The van der Waals surface area contributed by atoms with Crippen molar-refractivity contribution in [3.05, 3.63) is 93.2 Å². The van der Waals surface area contributed by atoms with E-state index in [0.29, 0.717) is 26.1 Å². The van der Waals surface area contributed by atoms with E-state index in [4.69, 9.17) is 0 Å². The molecule has 5 nitrogen and oxygen atoms in total. The fourth-order valence-electron chi connectivity index (χ4n) is 5.49. The Hall–Kier alpha value is -2.96. The van der Waals surface area contributed by atoms with E-state index in [1.807, 2.05) is 59.2 Å². The van der Waals surface area contributed by atoms with Gasteiger partial charge < -0.3 is 9.80 Å². The van der Waals surface area contributed by atoms with Crippen molar-refractivity contribution in [3.63, 3.8) is 0 Å². The Labute approximate surface area is 212 Å². The minimum Gasteiger partial charge on any atom is -0.339 e. The summed E-state index contributed by atoms with van der Waals surface area (Å²) in [5.74, 6) is 0.246. The Morgan fingerprint density at radius 1 is 0.971 bits per heavy atom. The van der Waals surface area contributed by atoms with Gasteiger partial charge in [-0.25, -0.2) is 0 Å². The molecule has 2 aromatic carbocycles. The number of nitrogens with zero attached hydrogens (tertiary/aromatic N) is 3. The summed E-state index contributed by atoms with van der Waals surface area (Å²) in [6.45, 7) is 7.49. The third-order valence-corrected chi connectivity index (χ3v) is 8.41. The molecule has 2 amide bonds. The third-order valence-electron chi connectivity index (χ3n) is 7.41. The van der Waals surface area contributed by atoms with Crippen LogP contribution in [0.15, 0.2) is 66.0 Å². The second kappa shape index (κ2) is 10.3. The van der Waals surface area contributed by atoms with Gasteiger partial charge in [0.05, 0.1) is 6.04 Å². The number of carbonyl (C=O) groups is 2. The van der Waals surface area contributed by atoms with Gasteiger partial charge in [0, 0.05) is 55.6 Å². The number of aryl methyl sites for hydroxylation is 1. The quantitative estimate of drug-likeness (QED) is 0.521. The summed E-state index contributed by atoms with van der Waals surface area (Å²) in [6.07, 6.45) is 1.54. The minimum atomic E-state index is 0.000208. The fourth-order valence-corrected chi connectivity index (χ4v) is 6.39. The summed E-state index contributed by atoms with van der Waals surface area (Å²) >= 11 is 1.84. The van der Waals surface area contributed by atoms with E-state index in [2.05, 4.69) is 46.7 Å². The number of rotatable bonds is 5.